The van der Waals surface area contributed by atoms with Crippen molar-refractivity contribution in [3.63, 3.8) is 0 Å². The molecule has 0 N–H and O–H groups in total. The number of Topliss-reactive ketones (excluding diaryl/α,β-unsaturated/α-hetero) is 1. The van der Waals surface area contributed by atoms with Gasteiger partial charge in [0.25, 0.3) is 0 Å². The molecular weight excluding hydrogens is 202 g/mol. The fraction of sp³-hybridized carbons (Fsp3) is 0.583. The third-order valence-corrected chi connectivity index (χ3v) is 3.36. The van der Waals surface area contributed by atoms with E-state index < -0.39 is 0 Å². The second kappa shape index (κ2) is 3.85. The highest BCUT2D eigenvalue weighted by Gasteiger charge is 2.21. The molecule has 1 fully saturated rings. The third kappa shape index (κ3) is 1.58. The van der Waals surface area contributed by atoms with E-state index in [0.717, 1.165) is 43.1 Å². The largest absolute Gasteiger partial charge is 0.341 e. The van der Waals surface area contributed by atoms with E-state index in [1.54, 1.807) is 6.20 Å². The van der Waals surface area contributed by atoms with Crippen LogP contribution in [0, 0.1) is 0 Å². The van der Waals surface area contributed by atoms with Crippen molar-refractivity contribution < 1.29 is 4.79 Å². The van der Waals surface area contributed by atoms with Crippen LogP contribution in [0.3, 0.4) is 0 Å². The molecule has 1 aliphatic carbocycles. The number of fused-ring (bicyclic) bond motifs is 1. The van der Waals surface area contributed by atoms with E-state index in [1.807, 2.05) is 0 Å². The molecule has 16 heavy (non-hydrogen) atoms. The summed E-state index contributed by atoms with van der Waals surface area (Å²) in [5.41, 5.74) is 1.70. The van der Waals surface area contributed by atoms with E-state index in [0.29, 0.717) is 6.42 Å². The highest BCUT2D eigenvalue weighted by atomic mass is 16.1. The Morgan fingerprint density at radius 2 is 1.94 bits per heavy atom. The molecule has 1 aliphatic heterocycles. The number of ketones is 1. The maximum atomic E-state index is 11.6. The first-order valence-corrected chi connectivity index (χ1v) is 5.98. The number of carbonyl (C=O) groups excluding carboxylic acids is 1. The van der Waals surface area contributed by atoms with E-state index in [4.69, 9.17) is 0 Å². The van der Waals surface area contributed by atoms with Gasteiger partial charge in [0.15, 0.2) is 5.78 Å². The summed E-state index contributed by atoms with van der Waals surface area (Å²) in [5, 5.41) is 0. The number of nitrogens with zero attached hydrogens (tertiary/aromatic N) is 3. The molecule has 0 aromatic carbocycles. The smallest absolute Gasteiger partial charge is 0.225 e. The van der Waals surface area contributed by atoms with Crippen LogP contribution in [0.4, 0.5) is 5.95 Å². The van der Waals surface area contributed by atoms with Crippen LogP contribution in [0.2, 0.25) is 0 Å². The van der Waals surface area contributed by atoms with Gasteiger partial charge in [-0.1, -0.05) is 0 Å². The highest BCUT2D eigenvalue weighted by molar-refractivity contribution is 5.97. The zero-order valence-corrected chi connectivity index (χ0v) is 9.28. The van der Waals surface area contributed by atoms with Crippen LogP contribution in [0.15, 0.2) is 6.20 Å². The Morgan fingerprint density at radius 3 is 2.75 bits per heavy atom. The van der Waals surface area contributed by atoms with Gasteiger partial charge in [0.1, 0.15) is 0 Å². The second-order valence-electron chi connectivity index (χ2n) is 4.50. The zero-order valence-electron chi connectivity index (χ0n) is 9.28. The molecule has 2 heterocycles. The van der Waals surface area contributed by atoms with Gasteiger partial charge >= 0.3 is 0 Å². The molecule has 3 rings (SSSR count). The number of aryl methyl sites for hydroxylation is 1. The van der Waals surface area contributed by atoms with Gasteiger partial charge in [0.05, 0.1) is 11.3 Å². The van der Waals surface area contributed by atoms with Crippen molar-refractivity contribution >= 4 is 11.7 Å². The molecule has 1 aromatic rings. The number of hydrogen-bond acceptors (Lipinski definition) is 4. The van der Waals surface area contributed by atoms with Crippen molar-refractivity contribution in [3.05, 3.63) is 17.5 Å². The van der Waals surface area contributed by atoms with Gasteiger partial charge in [-0.15, -0.1) is 0 Å². The average molecular weight is 217 g/mol. The monoisotopic (exact) mass is 217 g/mol. The summed E-state index contributed by atoms with van der Waals surface area (Å²) in [6, 6.07) is 0. The number of rotatable bonds is 1. The minimum atomic E-state index is 0.203. The zero-order chi connectivity index (χ0) is 11.0. The fourth-order valence-electron chi connectivity index (χ4n) is 2.45. The minimum absolute atomic E-state index is 0.203. The molecule has 0 saturated carbocycles. The van der Waals surface area contributed by atoms with Gasteiger partial charge in [-0.05, 0) is 25.7 Å². The summed E-state index contributed by atoms with van der Waals surface area (Å²) in [7, 11) is 0. The Labute approximate surface area is 94.7 Å². The molecule has 0 bridgehead atoms. The maximum Gasteiger partial charge on any atom is 0.225 e. The molecular formula is C12H15N3O. The molecule has 4 heteroatoms. The van der Waals surface area contributed by atoms with Crippen molar-refractivity contribution in [2.45, 2.75) is 32.1 Å². The van der Waals surface area contributed by atoms with Crippen LogP contribution < -0.4 is 4.90 Å². The van der Waals surface area contributed by atoms with Crippen molar-refractivity contribution in [1.82, 2.24) is 9.97 Å². The number of hydrogen-bond donors (Lipinski definition) is 0. The Hall–Kier alpha value is -1.45. The Balaban J connectivity index is 1.94. The lowest BCUT2D eigenvalue weighted by molar-refractivity contribution is 0.0971. The van der Waals surface area contributed by atoms with E-state index in [-0.39, 0.29) is 5.78 Å². The van der Waals surface area contributed by atoms with Gasteiger partial charge in [0.2, 0.25) is 5.95 Å². The van der Waals surface area contributed by atoms with Crippen molar-refractivity contribution in [3.8, 4) is 0 Å². The fourth-order valence-corrected chi connectivity index (χ4v) is 2.45. The van der Waals surface area contributed by atoms with E-state index >= 15 is 0 Å². The molecule has 4 nitrogen and oxygen atoms in total. The average Bonchev–Trinajstić information content (AvgIpc) is 2.82. The molecule has 1 saturated heterocycles. The SMILES string of the molecule is O=C1CCCc2nc(N3CCCC3)ncc21. The molecule has 0 radical (unpaired) electrons. The Morgan fingerprint density at radius 1 is 1.12 bits per heavy atom. The quantitative estimate of drug-likeness (QED) is 0.716. The summed E-state index contributed by atoms with van der Waals surface area (Å²) in [6.45, 7) is 2.10. The molecule has 0 amide bonds. The van der Waals surface area contributed by atoms with Crippen LogP contribution in [-0.2, 0) is 6.42 Å². The van der Waals surface area contributed by atoms with Crippen LogP contribution >= 0.6 is 0 Å². The normalized spacial score (nSPS) is 20.0. The van der Waals surface area contributed by atoms with Crippen LogP contribution in [0.1, 0.15) is 41.7 Å². The molecule has 2 aliphatic rings. The lowest BCUT2D eigenvalue weighted by atomic mass is 9.96. The molecule has 84 valence electrons. The Kier molecular flexibility index (Phi) is 2.35. The number of carbonyl (C=O) groups is 1. The van der Waals surface area contributed by atoms with E-state index in [1.165, 1.54) is 12.8 Å². The summed E-state index contributed by atoms with van der Waals surface area (Å²) < 4.78 is 0. The van der Waals surface area contributed by atoms with E-state index in [9.17, 15) is 4.79 Å². The number of aromatic nitrogens is 2. The second-order valence-corrected chi connectivity index (χ2v) is 4.50. The van der Waals surface area contributed by atoms with Crippen LogP contribution in [0.5, 0.6) is 0 Å². The van der Waals surface area contributed by atoms with Gasteiger partial charge < -0.3 is 4.90 Å². The first kappa shape index (κ1) is 9.75. The van der Waals surface area contributed by atoms with Gasteiger partial charge in [-0.2, -0.15) is 0 Å². The van der Waals surface area contributed by atoms with E-state index in [2.05, 4.69) is 14.9 Å². The van der Waals surface area contributed by atoms with Crippen LogP contribution in [0.25, 0.3) is 0 Å². The minimum Gasteiger partial charge on any atom is -0.341 e. The summed E-state index contributed by atoms with van der Waals surface area (Å²) >= 11 is 0. The topological polar surface area (TPSA) is 46.1 Å². The lowest BCUT2D eigenvalue weighted by Gasteiger charge is -2.18. The van der Waals surface area contributed by atoms with Crippen LogP contribution in [-0.4, -0.2) is 28.8 Å². The van der Waals surface area contributed by atoms with Gasteiger partial charge in [-0.3, -0.25) is 4.79 Å². The van der Waals surface area contributed by atoms with Crippen molar-refractivity contribution in [1.29, 1.82) is 0 Å². The predicted molar refractivity (Wildman–Crippen MR) is 60.7 cm³/mol. The van der Waals surface area contributed by atoms with Gasteiger partial charge in [-0.25, -0.2) is 9.97 Å². The Bertz CT molecular complexity index is 424. The summed E-state index contributed by atoms with van der Waals surface area (Å²) in [5.74, 6) is 1.01. The summed E-state index contributed by atoms with van der Waals surface area (Å²) in [4.78, 5) is 22.7. The molecule has 0 unspecified atom stereocenters. The molecule has 0 atom stereocenters. The standard InChI is InChI=1S/C12H15N3O/c16-11-5-3-4-10-9(11)8-13-12(14-10)15-6-1-2-7-15/h8H,1-7H2. The first-order valence-electron chi connectivity index (χ1n) is 5.98. The third-order valence-electron chi connectivity index (χ3n) is 3.36. The number of anilines is 1. The maximum absolute atomic E-state index is 11.6. The predicted octanol–water partition coefficient (Wildman–Crippen LogP) is 1.60. The van der Waals surface area contributed by atoms with Crippen molar-refractivity contribution in [2.75, 3.05) is 18.0 Å². The molecule has 0 spiro atoms. The van der Waals surface area contributed by atoms with Gasteiger partial charge in [0, 0.05) is 25.7 Å². The lowest BCUT2D eigenvalue weighted by Crippen LogP contribution is -2.23. The van der Waals surface area contributed by atoms with Crippen molar-refractivity contribution in [2.24, 2.45) is 0 Å². The molecule has 1 aromatic heterocycles. The first-order chi connectivity index (χ1) is 7.84. The summed E-state index contributed by atoms with van der Waals surface area (Å²) in [6.07, 6.45) is 6.67. The highest BCUT2D eigenvalue weighted by Crippen LogP contribution is 2.22.